The van der Waals surface area contributed by atoms with Crippen LogP contribution in [0.5, 0.6) is 11.5 Å². The van der Waals surface area contributed by atoms with Gasteiger partial charge in [0.15, 0.2) is 11.5 Å². The molecule has 2 aromatic carbocycles. The zero-order valence-electron chi connectivity index (χ0n) is 15.5. The van der Waals surface area contributed by atoms with Crippen molar-refractivity contribution in [3.05, 3.63) is 53.1 Å². The Labute approximate surface area is 169 Å². The highest BCUT2D eigenvalue weighted by atomic mass is 35.5. The molecule has 0 unspecified atom stereocenters. The second kappa shape index (κ2) is 7.98. The maximum absolute atomic E-state index is 12.8. The molecular weight excluding hydrogens is 382 g/mol. The molecular formula is C20H22ClN3O4. The average Bonchev–Trinajstić information content (AvgIpc) is 3.16. The Morgan fingerprint density at radius 2 is 1.54 bits per heavy atom. The van der Waals surface area contributed by atoms with Crippen molar-refractivity contribution in [2.45, 2.75) is 6.92 Å². The number of aryl methyl sites for hydroxylation is 1. The number of amides is 2. The van der Waals surface area contributed by atoms with Crippen LogP contribution < -0.4 is 15.2 Å². The zero-order valence-corrected chi connectivity index (χ0v) is 16.3. The molecule has 1 saturated heterocycles. The predicted octanol–water partition coefficient (Wildman–Crippen LogP) is 2.33. The van der Waals surface area contributed by atoms with Crippen LogP contribution in [-0.4, -0.2) is 54.6 Å². The van der Waals surface area contributed by atoms with Crippen molar-refractivity contribution in [2.24, 2.45) is 0 Å². The second-order valence-electron chi connectivity index (χ2n) is 6.73. The fourth-order valence-corrected chi connectivity index (χ4v) is 3.37. The second-order valence-corrected chi connectivity index (χ2v) is 6.73. The molecule has 0 radical (unpaired) electrons. The number of hydrogen-bond donors (Lipinski definition) is 1. The molecule has 7 nitrogen and oxygen atoms in total. The van der Waals surface area contributed by atoms with Gasteiger partial charge in [0.25, 0.3) is 11.8 Å². The van der Waals surface area contributed by atoms with E-state index >= 15 is 0 Å². The van der Waals surface area contributed by atoms with Gasteiger partial charge < -0.3 is 25.0 Å². The van der Waals surface area contributed by atoms with E-state index in [9.17, 15) is 9.59 Å². The fourth-order valence-electron chi connectivity index (χ4n) is 3.37. The third-order valence-corrected chi connectivity index (χ3v) is 4.97. The van der Waals surface area contributed by atoms with E-state index in [1.54, 1.807) is 40.1 Å². The molecule has 8 heteroatoms. The molecule has 0 aromatic heterocycles. The summed E-state index contributed by atoms with van der Waals surface area (Å²) in [6.07, 6.45) is 0. The zero-order chi connectivity index (χ0) is 19.0. The molecule has 2 aromatic rings. The summed E-state index contributed by atoms with van der Waals surface area (Å²) in [6.45, 7) is 4.02. The van der Waals surface area contributed by atoms with Gasteiger partial charge >= 0.3 is 0 Å². The highest BCUT2D eigenvalue weighted by molar-refractivity contribution is 5.97. The van der Waals surface area contributed by atoms with Gasteiger partial charge in [0, 0.05) is 43.0 Å². The van der Waals surface area contributed by atoms with E-state index in [1.165, 1.54) is 0 Å². The standard InChI is InChI=1S/C20H21N3O4.ClH/c1-13-2-4-15(21)11-16(13)20(25)23-8-6-22(7-9-23)19(24)14-3-5-17-18(10-14)27-12-26-17;/h2-5,10-11H,6-9,12,21H2,1H3;1H. The predicted molar refractivity (Wildman–Crippen MR) is 107 cm³/mol. The number of hydrogen-bond acceptors (Lipinski definition) is 5. The van der Waals surface area contributed by atoms with Gasteiger partial charge in [-0.3, -0.25) is 9.59 Å². The van der Waals surface area contributed by atoms with Crippen molar-refractivity contribution in [2.75, 3.05) is 38.7 Å². The quantitative estimate of drug-likeness (QED) is 0.778. The van der Waals surface area contributed by atoms with Gasteiger partial charge in [-0.1, -0.05) is 6.07 Å². The minimum absolute atomic E-state index is 0. The van der Waals surface area contributed by atoms with Gasteiger partial charge in [0.2, 0.25) is 6.79 Å². The molecule has 0 spiro atoms. The Kier molecular flexibility index (Phi) is 5.65. The van der Waals surface area contributed by atoms with Crippen LogP contribution in [0.4, 0.5) is 5.69 Å². The first-order valence-electron chi connectivity index (χ1n) is 8.87. The Bertz CT molecular complexity index is 910. The molecule has 2 aliphatic heterocycles. The van der Waals surface area contributed by atoms with Crippen LogP contribution >= 0.6 is 12.4 Å². The molecule has 1 fully saturated rings. The van der Waals surface area contributed by atoms with Gasteiger partial charge in [-0.15, -0.1) is 12.4 Å². The summed E-state index contributed by atoms with van der Waals surface area (Å²) < 4.78 is 10.6. The summed E-state index contributed by atoms with van der Waals surface area (Å²) in [6, 6.07) is 10.5. The lowest BCUT2D eigenvalue weighted by molar-refractivity contribution is 0.0535. The van der Waals surface area contributed by atoms with Gasteiger partial charge in [-0.25, -0.2) is 0 Å². The summed E-state index contributed by atoms with van der Waals surface area (Å²) in [4.78, 5) is 29.1. The Hall–Kier alpha value is -2.93. The summed E-state index contributed by atoms with van der Waals surface area (Å²) in [5.74, 6) is 1.13. The first-order chi connectivity index (χ1) is 13.0. The Balaban J connectivity index is 0.00000225. The monoisotopic (exact) mass is 403 g/mol. The maximum atomic E-state index is 12.8. The molecule has 2 amide bonds. The topological polar surface area (TPSA) is 85.1 Å². The normalized spacial score (nSPS) is 15.2. The number of rotatable bonds is 2. The molecule has 2 heterocycles. The number of anilines is 1. The Morgan fingerprint density at radius 1 is 0.893 bits per heavy atom. The van der Waals surface area contributed by atoms with E-state index in [0.717, 1.165) is 5.56 Å². The summed E-state index contributed by atoms with van der Waals surface area (Å²) in [7, 11) is 0. The van der Waals surface area contributed by atoms with Crippen LogP contribution in [-0.2, 0) is 0 Å². The lowest BCUT2D eigenvalue weighted by Crippen LogP contribution is -2.50. The van der Waals surface area contributed by atoms with Crippen molar-refractivity contribution in [3.8, 4) is 11.5 Å². The lowest BCUT2D eigenvalue weighted by Gasteiger charge is -2.35. The number of carbonyl (C=O) groups excluding carboxylic acids is 2. The number of ether oxygens (including phenoxy) is 2. The molecule has 2 aliphatic rings. The van der Waals surface area contributed by atoms with E-state index < -0.39 is 0 Å². The van der Waals surface area contributed by atoms with Crippen LogP contribution in [0.1, 0.15) is 26.3 Å². The molecule has 0 atom stereocenters. The molecule has 148 valence electrons. The number of carbonyl (C=O) groups is 2. The van der Waals surface area contributed by atoms with Gasteiger partial charge in [0.1, 0.15) is 0 Å². The third kappa shape index (κ3) is 3.71. The van der Waals surface area contributed by atoms with E-state index in [2.05, 4.69) is 0 Å². The largest absolute Gasteiger partial charge is 0.454 e. The van der Waals surface area contributed by atoms with E-state index in [4.69, 9.17) is 15.2 Å². The minimum Gasteiger partial charge on any atom is -0.454 e. The average molecular weight is 404 g/mol. The maximum Gasteiger partial charge on any atom is 0.254 e. The van der Waals surface area contributed by atoms with Gasteiger partial charge in [0.05, 0.1) is 0 Å². The van der Waals surface area contributed by atoms with E-state index in [1.807, 2.05) is 13.0 Å². The highest BCUT2D eigenvalue weighted by Gasteiger charge is 2.27. The number of nitrogens with zero attached hydrogens (tertiary/aromatic N) is 2. The van der Waals surface area contributed by atoms with Crippen molar-refractivity contribution < 1.29 is 19.1 Å². The number of halogens is 1. The third-order valence-electron chi connectivity index (χ3n) is 4.97. The first-order valence-corrected chi connectivity index (χ1v) is 8.87. The van der Waals surface area contributed by atoms with Crippen LogP contribution in [0, 0.1) is 6.92 Å². The van der Waals surface area contributed by atoms with Crippen LogP contribution in [0.15, 0.2) is 36.4 Å². The molecule has 4 rings (SSSR count). The van der Waals surface area contributed by atoms with Crippen LogP contribution in [0.25, 0.3) is 0 Å². The van der Waals surface area contributed by atoms with Crippen LogP contribution in [0.3, 0.4) is 0 Å². The van der Waals surface area contributed by atoms with E-state index in [-0.39, 0.29) is 31.0 Å². The van der Waals surface area contributed by atoms with E-state index in [0.29, 0.717) is 54.5 Å². The molecule has 0 aliphatic carbocycles. The van der Waals surface area contributed by atoms with Gasteiger partial charge in [-0.05, 0) is 42.8 Å². The summed E-state index contributed by atoms with van der Waals surface area (Å²) >= 11 is 0. The first kappa shape index (κ1) is 19.8. The number of nitrogen functional groups attached to an aromatic ring is 1. The molecule has 0 bridgehead atoms. The molecule has 0 saturated carbocycles. The van der Waals surface area contributed by atoms with Crippen molar-refractivity contribution in [1.29, 1.82) is 0 Å². The fraction of sp³-hybridized carbons (Fsp3) is 0.300. The highest BCUT2D eigenvalue weighted by Crippen LogP contribution is 2.32. The van der Waals surface area contributed by atoms with Crippen molar-refractivity contribution >= 4 is 29.9 Å². The van der Waals surface area contributed by atoms with Crippen LogP contribution in [0.2, 0.25) is 0 Å². The molecule has 28 heavy (non-hydrogen) atoms. The smallest absolute Gasteiger partial charge is 0.254 e. The Morgan fingerprint density at radius 3 is 2.25 bits per heavy atom. The lowest BCUT2D eigenvalue weighted by atomic mass is 10.1. The van der Waals surface area contributed by atoms with Gasteiger partial charge in [-0.2, -0.15) is 0 Å². The number of nitrogens with two attached hydrogens (primary N) is 1. The molecule has 2 N–H and O–H groups in total. The summed E-state index contributed by atoms with van der Waals surface area (Å²) in [5, 5.41) is 0. The number of piperazine rings is 1. The number of benzene rings is 2. The SMILES string of the molecule is Cc1ccc(N)cc1C(=O)N1CCN(C(=O)c2ccc3c(c2)OCO3)CC1.Cl. The summed E-state index contributed by atoms with van der Waals surface area (Å²) in [5.41, 5.74) is 8.46. The minimum atomic E-state index is -0.0689. The van der Waals surface area contributed by atoms with Crippen molar-refractivity contribution in [1.82, 2.24) is 9.80 Å². The van der Waals surface area contributed by atoms with Crippen molar-refractivity contribution in [3.63, 3.8) is 0 Å². The number of fused-ring (bicyclic) bond motifs is 1.